The van der Waals surface area contributed by atoms with Crippen molar-refractivity contribution in [2.24, 2.45) is 0 Å². The van der Waals surface area contributed by atoms with Gasteiger partial charge in [-0.25, -0.2) is 13.8 Å². The fourth-order valence-electron chi connectivity index (χ4n) is 2.01. The smallest absolute Gasteiger partial charge is 0.236 e. The molecule has 0 fully saturated rings. The first kappa shape index (κ1) is 15.9. The lowest BCUT2D eigenvalue weighted by atomic mass is 10.2. The van der Waals surface area contributed by atoms with Crippen LogP contribution in [-0.2, 0) is 4.79 Å². The number of hydrogen-bond acceptors (Lipinski definition) is 4. The summed E-state index contributed by atoms with van der Waals surface area (Å²) in [5.41, 5.74) is 1.93. The predicted octanol–water partition coefficient (Wildman–Crippen LogP) is 4.61. The molecule has 1 amide bonds. The minimum atomic E-state index is -0.919. The van der Waals surface area contributed by atoms with E-state index in [0.717, 1.165) is 39.7 Å². The summed E-state index contributed by atoms with van der Waals surface area (Å²) in [5.74, 6) is -1.96. The molecule has 3 aromatic rings. The van der Waals surface area contributed by atoms with E-state index in [2.05, 4.69) is 10.3 Å². The van der Waals surface area contributed by atoms with Gasteiger partial charge in [0.25, 0.3) is 0 Å². The predicted molar refractivity (Wildman–Crippen MR) is 90.1 cm³/mol. The largest absolute Gasteiger partial charge is 0.301 e. The molecule has 23 heavy (non-hydrogen) atoms. The highest BCUT2D eigenvalue weighted by Crippen LogP contribution is 2.28. The standard InChI is InChI=1S/C16H12F2N2OS2/c1-9-3-2-4-13-15(9)20-16(23-13)19-14(21)8-22-10-5-6-11(17)12(18)7-10/h2-7H,8H2,1H3,(H,19,20,21). The summed E-state index contributed by atoms with van der Waals surface area (Å²) < 4.78 is 27.0. The van der Waals surface area contributed by atoms with E-state index in [4.69, 9.17) is 0 Å². The number of anilines is 1. The molecule has 118 valence electrons. The van der Waals surface area contributed by atoms with Crippen molar-refractivity contribution in [3.8, 4) is 0 Å². The van der Waals surface area contributed by atoms with E-state index < -0.39 is 11.6 Å². The zero-order chi connectivity index (χ0) is 16.4. The van der Waals surface area contributed by atoms with Crippen LogP contribution >= 0.6 is 23.1 Å². The molecule has 0 saturated heterocycles. The van der Waals surface area contributed by atoms with Crippen LogP contribution in [0.4, 0.5) is 13.9 Å². The summed E-state index contributed by atoms with van der Waals surface area (Å²) in [6, 6.07) is 9.43. The number of nitrogens with zero attached hydrogens (tertiary/aromatic N) is 1. The number of rotatable bonds is 4. The van der Waals surface area contributed by atoms with Crippen molar-refractivity contribution in [1.82, 2.24) is 4.98 Å². The molecule has 0 aliphatic rings. The Labute approximate surface area is 139 Å². The van der Waals surface area contributed by atoms with Gasteiger partial charge in [0, 0.05) is 4.90 Å². The second-order valence-corrected chi connectivity index (χ2v) is 6.93. The molecule has 7 heteroatoms. The van der Waals surface area contributed by atoms with Gasteiger partial charge in [0.15, 0.2) is 16.8 Å². The first-order valence-electron chi connectivity index (χ1n) is 6.77. The maximum absolute atomic E-state index is 13.1. The monoisotopic (exact) mass is 350 g/mol. The number of benzene rings is 2. The van der Waals surface area contributed by atoms with Gasteiger partial charge in [-0.1, -0.05) is 23.5 Å². The molecule has 0 unspecified atom stereocenters. The van der Waals surface area contributed by atoms with Crippen LogP contribution in [0.25, 0.3) is 10.2 Å². The van der Waals surface area contributed by atoms with E-state index in [1.165, 1.54) is 17.4 Å². The van der Waals surface area contributed by atoms with Gasteiger partial charge in [-0.2, -0.15) is 0 Å². The Balaban J connectivity index is 1.64. The normalized spacial score (nSPS) is 10.9. The third kappa shape index (κ3) is 3.68. The molecule has 0 radical (unpaired) electrons. The van der Waals surface area contributed by atoms with Crippen LogP contribution in [0.15, 0.2) is 41.3 Å². The maximum Gasteiger partial charge on any atom is 0.236 e. The topological polar surface area (TPSA) is 42.0 Å². The van der Waals surface area contributed by atoms with Crippen molar-refractivity contribution in [3.63, 3.8) is 0 Å². The van der Waals surface area contributed by atoms with Crippen molar-refractivity contribution in [1.29, 1.82) is 0 Å². The van der Waals surface area contributed by atoms with Crippen LogP contribution in [0.1, 0.15) is 5.56 Å². The maximum atomic E-state index is 13.1. The minimum Gasteiger partial charge on any atom is -0.301 e. The Kier molecular flexibility index (Phi) is 4.58. The second-order valence-electron chi connectivity index (χ2n) is 4.85. The number of halogens is 2. The lowest BCUT2D eigenvalue weighted by Gasteiger charge is -2.02. The van der Waals surface area contributed by atoms with Crippen LogP contribution in [0, 0.1) is 18.6 Å². The quantitative estimate of drug-likeness (QED) is 0.699. The molecular weight excluding hydrogens is 338 g/mol. The highest BCUT2D eigenvalue weighted by Gasteiger charge is 2.10. The zero-order valence-electron chi connectivity index (χ0n) is 12.1. The van der Waals surface area contributed by atoms with E-state index in [0.29, 0.717) is 10.0 Å². The summed E-state index contributed by atoms with van der Waals surface area (Å²) in [5, 5.41) is 3.27. The number of thioether (sulfide) groups is 1. The molecular formula is C16H12F2N2OS2. The Morgan fingerprint density at radius 3 is 2.83 bits per heavy atom. The Hall–Kier alpha value is -1.99. The summed E-state index contributed by atoms with van der Waals surface area (Å²) >= 11 is 2.54. The number of nitrogens with one attached hydrogen (secondary N) is 1. The van der Waals surface area contributed by atoms with E-state index >= 15 is 0 Å². The average Bonchev–Trinajstić information content (AvgIpc) is 2.92. The van der Waals surface area contributed by atoms with E-state index in [1.54, 1.807) is 0 Å². The summed E-state index contributed by atoms with van der Waals surface area (Å²) in [6.07, 6.45) is 0. The van der Waals surface area contributed by atoms with Gasteiger partial charge in [0.2, 0.25) is 5.91 Å². The fourth-order valence-corrected chi connectivity index (χ4v) is 3.69. The fraction of sp³-hybridized carbons (Fsp3) is 0.125. The summed E-state index contributed by atoms with van der Waals surface area (Å²) in [6.45, 7) is 1.96. The zero-order valence-corrected chi connectivity index (χ0v) is 13.7. The third-order valence-corrected chi connectivity index (χ3v) is 5.06. The van der Waals surface area contributed by atoms with Crippen molar-refractivity contribution in [3.05, 3.63) is 53.6 Å². The highest BCUT2D eigenvalue weighted by atomic mass is 32.2. The number of amides is 1. The highest BCUT2D eigenvalue weighted by molar-refractivity contribution is 8.00. The van der Waals surface area contributed by atoms with Gasteiger partial charge >= 0.3 is 0 Å². The number of hydrogen-bond donors (Lipinski definition) is 1. The lowest BCUT2D eigenvalue weighted by Crippen LogP contribution is -2.13. The molecule has 0 aliphatic heterocycles. The molecule has 2 aromatic carbocycles. The Morgan fingerprint density at radius 2 is 2.09 bits per heavy atom. The van der Waals surface area contributed by atoms with Crippen LogP contribution in [0.5, 0.6) is 0 Å². The molecule has 0 spiro atoms. The van der Waals surface area contributed by atoms with Crippen molar-refractivity contribution >= 4 is 44.4 Å². The molecule has 1 N–H and O–H groups in total. The number of aromatic nitrogens is 1. The number of fused-ring (bicyclic) bond motifs is 1. The first-order valence-corrected chi connectivity index (χ1v) is 8.57. The van der Waals surface area contributed by atoms with E-state index in [9.17, 15) is 13.6 Å². The van der Waals surface area contributed by atoms with Crippen molar-refractivity contribution < 1.29 is 13.6 Å². The molecule has 0 atom stereocenters. The number of thiazole rings is 1. The number of aryl methyl sites for hydroxylation is 1. The molecule has 0 bridgehead atoms. The van der Waals surface area contributed by atoms with Crippen LogP contribution in [-0.4, -0.2) is 16.6 Å². The number of para-hydroxylation sites is 1. The van der Waals surface area contributed by atoms with Gasteiger partial charge in [-0.05, 0) is 36.8 Å². The van der Waals surface area contributed by atoms with Crippen molar-refractivity contribution in [2.75, 3.05) is 11.1 Å². The van der Waals surface area contributed by atoms with Gasteiger partial charge in [0.05, 0.1) is 16.0 Å². The van der Waals surface area contributed by atoms with E-state index in [1.807, 2.05) is 25.1 Å². The minimum absolute atomic E-state index is 0.0972. The van der Waals surface area contributed by atoms with E-state index in [-0.39, 0.29) is 11.7 Å². The molecule has 3 rings (SSSR count). The summed E-state index contributed by atoms with van der Waals surface area (Å²) in [4.78, 5) is 16.9. The number of carbonyl (C=O) groups is 1. The van der Waals surface area contributed by atoms with Crippen LogP contribution in [0.3, 0.4) is 0 Å². The number of carbonyl (C=O) groups excluding carboxylic acids is 1. The Morgan fingerprint density at radius 1 is 1.26 bits per heavy atom. The SMILES string of the molecule is Cc1cccc2sc(NC(=O)CSc3ccc(F)c(F)c3)nc12. The molecule has 0 saturated carbocycles. The Bertz CT molecular complexity index is 880. The molecule has 1 aromatic heterocycles. The third-order valence-electron chi connectivity index (χ3n) is 3.13. The molecule has 3 nitrogen and oxygen atoms in total. The first-order chi connectivity index (χ1) is 11.0. The van der Waals surface area contributed by atoms with Gasteiger partial charge in [-0.15, -0.1) is 11.8 Å². The molecule has 0 aliphatic carbocycles. The van der Waals surface area contributed by atoms with Crippen molar-refractivity contribution in [2.45, 2.75) is 11.8 Å². The average molecular weight is 350 g/mol. The lowest BCUT2D eigenvalue weighted by molar-refractivity contribution is -0.113. The second kappa shape index (κ2) is 6.64. The van der Waals surface area contributed by atoms with Crippen LogP contribution in [0.2, 0.25) is 0 Å². The van der Waals surface area contributed by atoms with Gasteiger partial charge in [0.1, 0.15) is 0 Å². The van der Waals surface area contributed by atoms with Gasteiger partial charge < -0.3 is 5.32 Å². The summed E-state index contributed by atoms with van der Waals surface area (Å²) in [7, 11) is 0. The van der Waals surface area contributed by atoms with Gasteiger partial charge in [-0.3, -0.25) is 4.79 Å². The van der Waals surface area contributed by atoms with Crippen LogP contribution < -0.4 is 5.32 Å². The molecule has 1 heterocycles.